The highest BCUT2D eigenvalue weighted by atomic mass is 16.5. The van der Waals surface area contributed by atoms with Gasteiger partial charge in [-0.2, -0.15) is 4.98 Å². The van der Waals surface area contributed by atoms with E-state index in [1.165, 1.54) is 0 Å². The lowest BCUT2D eigenvalue weighted by molar-refractivity contribution is 0.253. The molecule has 0 aliphatic carbocycles. The minimum atomic E-state index is -0.316. The van der Waals surface area contributed by atoms with Crippen molar-refractivity contribution in [2.24, 2.45) is 11.1 Å². The SMILES string of the molecule is Cc1cnc(-c2noc([C@H](N)C(C)(C)C)n2)nc1. The number of aromatic nitrogens is 4. The molecule has 0 radical (unpaired) electrons. The van der Waals surface area contributed by atoms with Gasteiger partial charge in [0.25, 0.3) is 0 Å². The van der Waals surface area contributed by atoms with Gasteiger partial charge in [0.15, 0.2) is 0 Å². The van der Waals surface area contributed by atoms with Gasteiger partial charge in [0.1, 0.15) is 0 Å². The summed E-state index contributed by atoms with van der Waals surface area (Å²) in [4.78, 5) is 12.5. The van der Waals surface area contributed by atoms with Gasteiger partial charge in [-0.3, -0.25) is 0 Å². The summed E-state index contributed by atoms with van der Waals surface area (Å²) in [6.07, 6.45) is 3.42. The third-order valence-electron chi connectivity index (χ3n) is 2.62. The number of rotatable bonds is 2. The second kappa shape index (κ2) is 4.45. The molecule has 2 N–H and O–H groups in total. The summed E-state index contributed by atoms with van der Waals surface area (Å²) in [6, 6.07) is -0.316. The topological polar surface area (TPSA) is 90.7 Å². The Labute approximate surface area is 106 Å². The Balaban J connectivity index is 2.28. The number of hydrogen-bond acceptors (Lipinski definition) is 6. The van der Waals surface area contributed by atoms with Crippen LogP contribution in [-0.4, -0.2) is 20.1 Å². The summed E-state index contributed by atoms with van der Waals surface area (Å²) in [5.74, 6) is 1.21. The molecule has 18 heavy (non-hydrogen) atoms. The molecule has 0 aliphatic heterocycles. The third kappa shape index (κ3) is 2.53. The molecule has 2 aromatic heterocycles. The van der Waals surface area contributed by atoms with Crippen LogP contribution in [0.2, 0.25) is 0 Å². The first-order valence-corrected chi connectivity index (χ1v) is 5.76. The fourth-order valence-corrected chi connectivity index (χ4v) is 1.33. The smallest absolute Gasteiger partial charge is 0.244 e. The van der Waals surface area contributed by atoms with E-state index in [4.69, 9.17) is 10.3 Å². The van der Waals surface area contributed by atoms with Crippen LogP contribution >= 0.6 is 0 Å². The molecule has 1 atom stereocenters. The van der Waals surface area contributed by atoms with Crippen molar-refractivity contribution in [1.82, 2.24) is 20.1 Å². The van der Waals surface area contributed by atoms with Crippen molar-refractivity contribution in [1.29, 1.82) is 0 Å². The summed E-state index contributed by atoms with van der Waals surface area (Å²) in [5, 5.41) is 3.86. The predicted octanol–water partition coefficient (Wildman–Crippen LogP) is 1.88. The van der Waals surface area contributed by atoms with Crippen molar-refractivity contribution in [3.8, 4) is 11.6 Å². The zero-order valence-corrected chi connectivity index (χ0v) is 11.0. The molecule has 0 fully saturated rings. The predicted molar refractivity (Wildman–Crippen MR) is 66.4 cm³/mol. The lowest BCUT2D eigenvalue weighted by atomic mass is 9.87. The van der Waals surface area contributed by atoms with Gasteiger partial charge >= 0.3 is 0 Å². The summed E-state index contributed by atoms with van der Waals surface area (Å²) in [7, 11) is 0. The second-order valence-electron chi connectivity index (χ2n) is 5.38. The normalized spacial score (nSPS) is 13.6. The Morgan fingerprint density at radius 1 is 1.17 bits per heavy atom. The van der Waals surface area contributed by atoms with E-state index in [9.17, 15) is 0 Å². The minimum absolute atomic E-state index is 0.141. The summed E-state index contributed by atoms with van der Waals surface area (Å²) in [6.45, 7) is 7.97. The van der Waals surface area contributed by atoms with Crippen LogP contribution in [0.15, 0.2) is 16.9 Å². The van der Waals surface area contributed by atoms with Crippen molar-refractivity contribution >= 4 is 0 Å². The Bertz CT molecular complexity index is 526. The Morgan fingerprint density at radius 3 is 2.33 bits per heavy atom. The maximum absolute atomic E-state index is 6.05. The molecule has 96 valence electrons. The van der Waals surface area contributed by atoms with Crippen molar-refractivity contribution in [2.75, 3.05) is 0 Å². The quantitative estimate of drug-likeness (QED) is 0.871. The van der Waals surface area contributed by atoms with Crippen molar-refractivity contribution in [3.63, 3.8) is 0 Å². The van der Waals surface area contributed by atoms with Gasteiger partial charge in [0.2, 0.25) is 17.5 Å². The standard InChI is InChI=1S/C12H17N5O/c1-7-5-14-9(15-6-7)10-16-11(18-17-10)8(13)12(2,3)4/h5-6,8H,13H2,1-4H3/t8-/m0/s1. The maximum atomic E-state index is 6.05. The number of nitrogens with zero attached hydrogens (tertiary/aromatic N) is 4. The fourth-order valence-electron chi connectivity index (χ4n) is 1.33. The van der Waals surface area contributed by atoms with Gasteiger partial charge in [0.05, 0.1) is 6.04 Å². The van der Waals surface area contributed by atoms with Gasteiger partial charge in [-0.25, -0.2) is 9.97 Å². The summed E-state index contributed by atoms with van der Waals surface area (Å²) >= 11 is 0. The van der Waals surface area contributed by atoms with E-state index in [-0.39, 0.29) is 11.5 Å². The van der Waals surface area contributed by atoms with E-state index in [2.05, 4.69) is 20.1 Å². The molecular weight excluding hydrogens is 230 g/mol. The van der Waals surface area contributed by atoms with E-state index >= 15 is 0 Å². The molecule has 0 amide bonds. The van der Waals surface area contributed by atoms with E-state index < -0.39 is 0 Å². The molecule has 6 heteroatoms. The number of nitrogens with two attached hydrogens (primary N) is 1. The van der Waals surface area contributed by atoms with Crippen molar-refractivity contribution in [2.45, 2.75) is 33.7 Å². The Morgan fingerprint density at radius 2 is 1.78 bits per heavy atom. The van der Waals surface area contributed by atoms with E-state index in [0.29, 0.717) is 17.5 Å². The van der Waals surface area contributed by atoms with Gasteiger partial charge in [-0.05, 0) is 17.9 Å². The molecule has 0 aliphatic rings. The second-order valence-corrected chi connectivity index (χ2v) is 5.38. The van der Waals surface area contributed by atoms with E-state index in [0.717, 1.165) is 5.56 Å². The van der Waals surface area contributed by atoms with E-state index in [1.807, 2.05) is 27.7 Å². The molecule has 6 nitrogen and oxygen atoms in total. The van der Waals surface area contributed by atoms with Crippen molar-refractivity contribution in [3.05, 3.63) is 23.8 Å². The summed E-state index contributed by atoms with van der Waals surface area (Å²) in [5.41, 5.74) is 6.89. The number of aryl methyl sites for hydroxylation is 1. The van der Waals surface area contributed by atoms with Crippen LogP contribution in [0.25, 0.3) is 11.6 Å². The van der Waals surface area contributed by atoms with E-state index in [1.54, 1.807) is 12.4 Å². The molecule has 0 aromatic carbocycles. The average Bonchev–Trinajstić information content (AvgIpc) is 2.77. The highest BCUT2D eigenvalue weighted by Crippen LogP contribution is 2.29. The lowest BCUT2D eigenvalue weighted by Crippen LogP contribution is -2.26. The molecule has 2 aromatic rings. The van der Waals surface area contributed by atoms with Crippen LogP contribution in [-0.2, 0) is 0 Å². The van der Waals surface area contributed by atoms with Crippen LogP contribution in [0.3, 0.4) is 0 Å². The largest absolute Gasteiger partial charge is 0.337 e. The molecule has 2 heterocycles. The molecule has 2 rings (SSSR count). The molecule has 0 unspecified atom stereocenters. The zero-order chi connectivity index (χ0) is 13.3. The van der Waals surface area contributed by atoms with Gasteiger partial charge in [-0.1, -0.05) is 25.9 Å². The first-order chi connectivity index (χ1) is 8.38. The van der Waals surface area contributed by atoms with Crippen molar-refractivity contribution < 1.29 is 4.52 Å². The number of hydrogen-bond donors (Lipinski definition) is 1. The van der Waals surface area contributed by atoms with Gasteiger partial charge in [0, 0.05) is 12.4 Å². The van der Waals surface area contributed by atoms with Gasteiger partial charge < -0.3 is 10.3 Å². The summed E-state index contributed by atoms with van der Waals surface area (Å²) < 4.78 is 5.17. The third-order valence-corrected chi connectivity index (χ3v) is 2.62. The molecule has 0 spiro atoms. The fraction of sp³-hybridized carbons (Fsp3) is 0.500. The molecule has 0 saturated carbocycles. The first kappa shape index (κ1) is 12.6. The van der Waals surface area contributed by atoms with Crippen LogP contribution in [0.4, 0.5) is 0 Å². The Kier molecular flexibility index (Phi) is 3.13. The zero-order valence-electron chi connectivity index (χ0n) is 11.0. The maximum Gasteiger partial charge on any atom is 0.244 e. The molecule has 0 bridgehead atoms. The van der Waals surface area contributed by atoms with Crippen LogP contribution < -0.4 is 5.73 Å². The van der Waals surface area contributed by atoms with Crippen LogP contribution in [0, 0.1) is 12.3 Å². The monoisotopic (exact) mass is 247 g/mol. The minimum Gasteiger partial charge on any atom is -0.337 e. The molecule has 0 saturated heterocycles. The average molecular weight is 247 g/mol. The van der Waals surface area contributed by atoms with Gasteiger partial charge in [-0.15, -0.1) is 0 Å². The highest BCUT2D eigenvalue weighted by molar-refractivity contribution is 5.41. The Hall–Kier alpha value is -1.82. The molecular formula is C12H17N5O. The highest BCUT2D eigenvalue weighted by Gasteiger charge is 2.28. The van der Waals surface area contributed by atoms with Crippen LogP contribution in [0.5, 0.6) is 0 Å². The lowest BCUT2D eigenvalue weighted by Gasteiger charge is -2.23. The first-order valence-electron chi connectivity index (χ1n) is 5.76. The van der Waals surface area contributed by atoms with Crippen LogP contribution in [0.1, 0.15) is 38.3 Å².